The van der Waals surface area contributed by atoms with Crippen LogP contribution in [0.1, 0.15) is 63.5 Å². The Bertz CT molecular complexity index is 2550. The molecule has 3 heterocycles. The molecule has 0 bridgehead atoms. The van der Waals surface area contributed by atoms with Crippen molar-refractivity contribution in [3.05, 3.63) is 160 Å². The van der Waals surface area contributed by atoms with Crippen molar-refractivity contribution in [2.75, 3.05) is 13.2 Å². The number of hydrogen-bond acceptors (Lipinski definition) is 9. The number of aryl methyl sites for hydroxylation is 1. The Labute approximate surface area is 334 Å². The highest BCUT2D eigenvalue weighted by molar-refractivity contribution is 7.89. The molecule has 7 rings (SSSR count). The van der Waals surface area contributed by atoms with E-state index in [1.54, 1.807) is 60.4 Å². The summed E-state index contributed by atoms with van der Waals surface area (Å²) in [4.78, 5) is 38.8. The second kappa shape index (κ2) is 17.4. The van der Waals surface area contributed by atoms with E-state index in [1.165, 1.54) is 27.0 Å². The molecule has 0 saturated heterocycles. The molecule has 0 spiro atoms. The summed E-state index contributed by atoms with van der Waals surface area (Å²) in [6.45, 7) is 3.67. The van der Waals surface area contributed by atoms with E-state index in [2.05, 4.69) is 15.3 Å². The number of nitrogens with zero attached hydrogens (tertiary/aromatic N) is 3. The number of aliphatic hydroxyl groups is 1. The molecule has 0 aliphatic rings. The highest BCUT2D eigenvalue weighted by Gasteiger charge is 2.35. The van der Waals surface area contributed by atoms with Crippen LogP contribution in [-0.4, -0.2) is 58.7 Å². The molecule has 56 heavy (non-hydrogen) atoms. The fourth-order valence-corrected chi connectivity index (χ4v) is 10.9. The highest BCUT2D eigenvalue weighted by Crippen LogP contribution is 2.37. The summed E-state index contributed by atoms with van der Waals surface area (Å²) in [5.41, 5.74) is 4.61. The molecule has 0 saturated carbocycles. The third kappa shape index (κ3) is 8.49. The van der Waals surface area contributed by atoms with Gasteiger partial charge in [0, 0.05) is 52.0 Å². The first-order chi connectivity index (χ1) is 27.1. The zero-order valence-electron chi connectivity index (χ0n) is 31.0. The zero-order chi connectivity index (χ0) is 39.2. The van der Waals surface area contributed by atoms with Gasteiger partial charge in [0.15, 0.2) is 5.78 Å². The molecule has 0 aliphatic carbocycles. The fourth-order valence-electron chi connectivity index (χ4n) is 7.10. The molecule has 0 fully saturated rings. The van der Waals surface area contributed by atoms with E-state index in [4.69, 9.17) is 0 Å². The van der Waals surface area contributed by atoms with Crippen LogP contribution in [0.4, 0.5) is 0 Å². The van der Waals surface area contributed by atoms with E-state index in [9.17, 15) is 23.1 Å². The maximum atomic E-state index is 14.6. The lowest BCUT2D eigenvalue weighted by atomic mass is 9.80. The minimum Gasteiger partial charge on any atom is -0.394 e. The number of fused-ring (bicyclic) bond motifs is 2. The van der Waals surface area contributed by atoms with E-state index in [0.29, 0.717) is 16.9 Å². The van der Waals surface area contributed by atoms with Crippen molar-refractivity contribution < 1.29 is 23.1 Å². The van der Waals surface area contributed by atoms with E-state index >= 15 is 0 Å². The van der Waals surface area contributed by atoms with Gasteiger partial charge in [0.2, 0.25) is 10.0 Å². The number of benzene rings is 4. The van der Waals surface area contributed by atoms with E-state index in [-0.39, 0.29) is 35.5 Å². The lowest BCUT2D eigenvalue weighted by molar-refractivity contribution is -0.121. The molecule has 0 radical (unpaired) electrons. The minimum absolute atomic E-state index is 0.0129. The summed E-state index contributed by atoms with van der Waals surface area (Å²) in [5.74, 6) is -1.05. The average molecular weight is 803 g/mol. The van der Waals surface area contributed by atoms with Crippen LogP contribution < -0.4 is 5.32 Å². The summed E-state index contributed by atoms with van der Waals surface area (Å²) in [6, 6.07) is 33.4. The van der Waals surface area contributed by atoms with E-state index in [1.807, 2.05) is 86.6 Å². The number of carbonyl (C=O) groups is 2. The van der Waals surface area contributed by atoms with Gasteiger partial charge in [0.25, 0.3) is 5.91 Å². The minimum atomic E-state index is -4.01. The first-order valence-electron chi connectivity index (χ1n) is 18.4. The second-order valence-electron chi connectivity index (χ2n) is 14.1. The van der Waals surface area contributed by atoms with Crippen LogP contribution >= 0.6 is 22.7 Å². The van der Waals surface area contributed by atoms with Crippen molar-refractivity contribution in [3.8, 4) is 0 Å². The Morgan fingerprint density at radius 3 is 2.41 bits per heavy atom. The molecule has 3 aromatic heterocycles. The standard InChI is InChI=1S/C44H42N4O5S3/c1-29(2)26-48(56(52,53)34-18-19-37-41(24-34)54-28-46-37)38(27-49)40-21-17-33(55-40)16-20-39(50)43(47-44(51)32-12-7-4-8-13-32)42(31-10-5-3-6-11-31)35-15-9-14-30-22-23-45-25-36(30)35/h3-15,17-19,21-25,28-29,38,42-43,49H,16,20,26-27H2,1-2H3,(H,47,51). The number of aromatic nitrogens is 2. The van der Waals surface area contributed by atoms with Crippen molar-refractivity contribution in [1.29, 1.82) is 0 Å². The molecular weight excluding hydrogens is 761 g/mol. The number of thiophene rings is 1. The molecule has 286 valence electrons. The first kappa shape index (κ1) is 39.1. The van der Waals surface area contributed by atoms with Gasteiger partial charge in [0.1, 0.15) is 0 Å². The van der Waals surface area contributed by atoms with Crippen LogP contribution in [0.25, 0.3) is 21.0 Å². The topological polar surface area (TPSA) is 130 Å². The number of hydrogen-bond donors (Lipinski definition) is 2. The molecule has 2 N–H and O–H groups in total. The Balaban J connectivity index is 1.19. The third-order valence-corrected chi connectivity index (χ3v) is 13.7. The number of thiazole rings is 1. The summed E-state index contributed by atoms with van der Waals surface area (Å²) < 4.78 is 30.5. The predicted octanol–water partition coefficient (Wildman–Crippen LogP) is 8.42. The predicted molar refractivity (Wildman–Crippen MR) is 224 cm³/mol. The Morgan fingerprint density at radius 2 is 1.66 bits per heavy atom. The number of ketones is 1. The third-order valence-electron chi connectivity index (χ3n) is 9.82. The monoisotopic (exact) mass is 802 g/mol. The van der Waals surface area contributed by atoms with Crippen molar-refractivity contribution in [2.24, 2.45) is 5.92 Å². The molecule has 0 aliphatic heterocycles. The maximum Gasteiger partial charge on any atom is 0.251 e. The molecule has 4 aromatic carbocycles. The number of sulfonamides is 1. The molecule has 3 atom stereocenters. The van der Waals surface area contributed by atoms with Gasteiger partial charge in [0.05, 0.1) is 39.3 Å². The SMILES string of the molecule is CC(C)CN(C(CO)c1ccc(CCC(=O)C(NC(=O)c2ccccc2)C(c2ccccc2)c2cccc3ccncc23)s1)S(=O)(=O)c1ccc2ncsc2c1. The summed E-state index contributed by atoms with van der Waals surface area (Å²) in [6.07, 6.45) is 4.00. The maximum absolute atomic E-state index is 14.6. The molecule has 1 amide bonds. The molecule has 7 aromatic rings. The summed E-state index contributed by atoms with van der Waals surface area (Å²) in [5, 5.41) is 15.7. The van der Waals surface area contributed by atoms with Gasteiger partial charge in [-0.25, -0.2) is 13.4 Å². The van der Waals surface area contributed by atoms with Gasteiger partial charge in [-0.1, -0.05) is 80.6 Å². The van der Waals surface area contributed by atoms with Crippen LogP contribution in [0.2, 0.25) is 0 Å². The Hall–Kier alpha value is -5.11. The highest BCUT2D eigenvalue weighted by atomic mass is 32.2. The van der Waals surface area contributed by atoms with E-state index < -0.39 is 34.6 Å². The number of rotatable bonds is 16. The van der Waals surface area contributed by atoms with Crippen molar-refractivity contribution >= 4 is 65.4 Å². The normalized spacial score (nSPS) is 13.6. The lowest BCUT2D eigenvalue weighted by Gasteiger charge is -2.30. The molecule has 9 nitrogen and oxygen atoms in total. The van der Waals surface area contributed by atoms with Crippen molar-refractivity contribution in [1.82, 2.24) is 19.6 Å². The smallest absolute Gasteiger partial charge is 0.251 e. The van der Waals surface area contributed by atoms with Gasteiger partial charge in [-0.15, -0.1) is 22.7 Å². The van der Waals surface area contributed by atoms with Crippen molar-refractivity contribution in [3.63, 3.8) is 0 Å². The summed E-state index contributed by atoms with van der Waals surface area (Å²) >= 11 is 2.75. The van der Waals surface area contributed by atoms with Crippen LogP contribution in [0, 0.1) is 5.92 Å². The largest absolute Gasteiger partial charge is 0.394 e. The zero-order valence-corrected chi connectivity index (χ0v) is 33.4. The number of pyridine rings is 1. The Kier molecular flexibility index (Phi) is 12.1. The number of nitrogens with one attached hydrogen (secondary N) is 1. The quantitative estimate of drug-likeness (QED) is 0.100. The van der Waals surface area contributed by atoms with Crippen LogP contribution in [-0.2, 0) is 21.2 Å². The Morgan fingerprint density at radius 1 is 0.893 bits per heavy atom. The van der Waals surface area contributed by atoms with Crippen LogP contribution in [0.5, 0.6) is 0 Å². The number of carbonyl (C=O) groups excluding carboxylic acids is 2. The number of amides is 1. The van der Waals surface area contributed by atoms with Crippen molar-refractivity contribution in [2.45, 2.75) is 49.6 Å². The van der Waals surface area contributed by atoms with Gasteiger partial charge < -0.3 is 10.4 Å². The molecule has 3 unspecified atom stereocenters. The average Bonchev–Trinajstić information content (AvgIpc) is 3.90. The van der Waals surface area contributed by atoms with Gasteiger partial charge in [-0.2, -0.15) is 4.31 Å². The summed E-state index contributed by atoms with van der Waals surface area (Å²) in [7, 11) is -4.01. The van der Waals surface area contributed by atoms with Gasteiger partial charge >= 0.3 is 0 Å². The molecular formula is C44H42N4O5S3. The first-order valence-corrected chi connectivity index (χ1v) is 21.6. The van der Waals surface area contributed by atoms with Gasteiger partial charge in [-0.05, 0) is 77.4 Å². The fraction of sp³-hybridized carbons (Fsp3) is 0.227. The van der Waals surface area contributed by atoms with Crippen LogP contribution in [0.3, 0.4) is 0 Å². The van der Waals surface area contributed by atoms with E-state index in [0.717, 1.165) is 37.0 Å². The lowest BCUT2D eigenvalue weighted by Crippen LogP contribution is -2.45. The second-order valence-corrected chi connectivity index (χ2v) is 18.0. The van der Waals surface area contributed by atoms with Gasteiger partial charge in [-0.3, -0.25) is 14.6 Å². The molecule has 12 heteroatoms. The number of aliphatic hydroxyl groups excluding tert-OH is 1. The van der Waals surface area contributed by atoms with Crippen LogP contribution in [0.15, 0.2) is 138 Å². The number of Topliss-reactive ketones (excluding diaryl/α,β-unsaturated/α-hetero) is 1.